The Kier molecular flexibility index (Phi) is 4.31. The predicted molar refractivity (Wildman–Crippen MR) is 68.1 cm³/mol. The Hall–Kier alpha value is -1.58. The van der Waals surface area contributed by atoms with Crippen molar-refractivity contribution in [2.75, 3.05) is 13.7 Å². The lowest BCUT2D eigenvalue weighted by Crippen LogP contribution is -2.12. The number of ether oxygens (including phenoxy) is 1. The molecule has 0 saturated carbocycles. The first-order chi connectivity index (χ1) is 9.43. The van der Waals surface area contributed by atoms with Crippen molar-refractivity contribution in [2.45, 2.75) is 11.7 Å². The van der Waals surface area contributed by atoms with E-state index in [4.69, 9.17) is 15.4 Å². The van der Waals surface area contributed by atoms with E-state index in [0.29, 0.717) is 0 Å². The highest BCUT2D eigenvalue weighted by Crippen LogP contribution is 2.21. The maximum absolute atomic E-state index is 12.9. The van der Waals surface area contributed by atoms with E-state index < -0.39 is 20.0 Å². The van der Waals surface area contributed by atoms with Crippen LogP contribution in [0.1, 0.15) is 0 Å². The predicted octanol–water partition coefficient (Wildman–Crippen LogP) is 1.05. The molecule has 108 valence electrons. The van der Waals surface area contributed by atoms with Crippen LogP contribution in [0.4, 0.5) is 4.39 Å². The van der Waals surface area contributed by atoms with E-state index in [9.17, 15) is 12.8 Å². The highest BCUT2D eigenvalue weighted by atomic mass is 35.7. The van der Waals surface area contributed by atoms with Crippen molar-refractivity contribution in [1.82, 2.24) is 19.7 Å². The van der Waals surface area contributed by atoms with Crippen molar-refractivity contribution in [3.63, 3.8) is 0 Å². The third-order valence-corrected chi connectivity index (χ3v) is 3.56. The van der Waals surface area contributed by atoms with Gasteiger partial charge in [0.15, 0.2) is 5.82 Å². The second kappa shape index (κ2) is 5.81. The molecule has 0 aliphatic carbocycles. The molecule has 0 spiro atoms. The summed E-state index contributed by atoms with van der Waals surface area (Å²) in [6.07, 6.45) is 1.000. The van der Waals surface area contributed by atoms with Gasteiger partial charge in [-0.2, -0.15) is 0 Å². The first-order valence-electron chi connectivity index (χ1n) is 5.42. The van der Waals surface area contributed by atoms with E-state index in [1.165, 1.54) is 23.8 Å². The Bertz CT molecular complexity index is 702. The van der Waals surface area contributed by atoms with E-state index >= 15 is 0 Å². The number of halogens is 2. The first kappa shape index (κ1) is 14.8. The van der Waals surface area contributed by atoms with Crippen LogP contribution in [0.25, 0.3) is 11.5 Å². The molecule has 10 heteroatoms. The van der Waals surface area contributed by atoms with E-state index in [1.54, 1.807) is 0 Å². The Balaban J connectivity index is 2.53. The quantitative estimate of drug-likeness (QED) is 0.765. The monoisotopic (exact) mass is 320 g/mol. The molecule has 2 aromatic heterocycles. The van der Waals surface area contributed by atoms with Gasteiger partial charge in [-0.05, 0) is 12.1 Å². The van der Waals surface area contributed by atoms with E-state index in [-0.39, 0.29) is 24.7 Å². The number of methoxy groups -OCH3 is 1. The summed E-state index contributed by atoms with van der Waals surface area (Å²) in [5, 5.41) is 6.88. The fraction of sp³-hybridized carbons (Fsp3) is 0.300. The number of pyridine rings is 1. The molecule has 0 amide bonds. The van der Waals surface area contributed by atoms with Crippen molar-refractivity contribution in [2.24, 2.45) is 0 Å². The SMILES string of the molecule is COCCn1c(-c2ccc(F)cn2)nnc1S(=O)(=O)Cl. The Morgan fingerprint density at radius 3 is 2.70 bits per heavy atom. The molecule has 0 bridgehead atoms. The fourth-order valence-corrected chi connectivity index (χ4v) is 2.47. The molecule has 0 aromatic carbocycles. The zero-order valence-corrected chi connectivity index (χ0v) is 11.9. The van der Waals surface area contributed by atoms with Crippen molar-refractivity contribution in [3.05, 3.63) is 24.1 Å². The Labute approximate surface area is 118 Å². The highest BCUT2D eigenvalue weighted by molar-refractivity contribution is 8.13. The number of rotatable bonds is 5. The summed E-state index contributed by atoms with van der Waals surface area (Å²) in [6.45, 7) is 0.394. The molecular weight excluding hydrogens is 311 g/mol. The summed E-state index contributed by atoms with van der Waals surface area (Å²) in [4.78, 5) is 3.84. The third-order valence-electron chi connectivity index (χ3n) is 2.41. The molecule has 20 heavy (non-hydrogen) atoms. The lowest BCUT2D eigenvalue weighted by atomic mass is 10.3. The summed E-state index contributed by atoms with van der Waals surface area (Å²) >= 11 is 0. The van der Waals surface area contributed by atoms with Crippen molar-refractivity contribution in [3.8, 4) is 11.5 Å². The molecule has 2 heterocycles. The molecule has 2 aromatic rings. The van der Waals surface area contributed by atoms with Crippen molar-refractivity contribution < 1.29 is 17.5 Å². The maximum Gasteiger partial charge on any atom is 0.296 e. The second-order valence-electron chi connectivity index (χ2n) is 3.75. The Morgan fingerprint density at radius 1 is 1.40 bits per heavy atom. The van der Waals surface area contributed by atoms with Crippen LogP contribution in [-0.2, 0) is 20.3 Å². The normalized spacial score (nSPS) is 11.8. The molecular formula is C10H10ClFN4O3S. The van der Waals surface area contributed by atoms with Gasteiger partial charge in [0, 0.05) is 17.8 Å². The Morgan fingerprint density at radius 2 is 2.15 bits per heavy atom. The standard InChI is InChI=1S/C10H10ClFN4O3S/c1-19-5-4-16-9(8-3-2-7(12)6-13-8)14-15-10(16)20(11,17)18/h2-3,6H,4-5H2,1H3. The largest absolute Gasteiger partial charge is 0.383 e. The molecule has 0 radical (unpaired) electrons. The molecule has 0 fully saturated rings. The molecule has 0 aliphatic rings. The van der Waals surface area contributed by atoms with Crippen LogP contribution in [0.5, 0.6) is 0 Å². The molecule has 7 nitrogen and oxygen atoms in total. The lowest BCUT2D eigenvalue weighted by Gasteiger charge is -2.07. The zero-order valence-electron chi connectivity index (χ0n) is 10.3. The smallest absolute Gasteiger partial charge is 0.296 e. The molecule has 0 N–H and O–H groups in total. The van der Waals surface area contributed by atoms with Gasteiger partial charge in [-0.3, -0.25) is 4.57 Å². The summed E-state index contributed by atoms with van der Waals surface area (Å²) in [5.74, 6) is -0.344. The molecule has 0 unspecified atom stereocenters. The van der Waals surface area contributed by atoms with Gasteiger partial charge in [-0.25, -0.2) is 17.8 Å². The van der Waals surface area contributed by atoms with Gasteiger partial charge in [0.25, 0.3) is 14.2 Å². The van der Waals surface area contributed by atoms with Crippen molar-refractivity contribution in [1.29, 1.82) is 0 Å². The zero-order chi connectivity index (χ0) is 14.8. The summed E-state index contributed by atoms with van der Waals surface area (Å²) in [5.41, 5.74) is 0.279. The van der Waals surface area contributed by atoms with Crippen LogP contribution < -0.4 is 0 Å². The molecule has 0 aliphatic heterocycles. The van der Waals surface area contributed by atoms with E-state index in [0.717, 1.165) is 6.20 Å². The van der Waals surface area contributed by atoms with Gasteiger partial charge in [-0.15, -0.1) is 10.2 Å². The van der Waals surface area contributed by atoms with Crippen LogP contribution in [-0.4, -0.2) is 41.9 Å². The number of nitrogens with zero attached hydrogens (tertiary/aromatic N) is 4. The van der Waals surface area contributed by atoms with Gasteiger partial charge >= 0.3 is 0 Å². The summed E-state index contributed by atoms with van der Waals surface area (Å²) in [6, 6.07) is 2.56. The van der Waals surface area contributed by atoms with E-state index in [1.807, 2.05) is 0 Å². The van der Waals surface area contributed by atoms with Gasteiger partial charge < -0.3 is 4.74 Å². The van der Waals surface area contributed by atoms with Gasteiger partial charge in [-0.1, -0.05) is 0 Å². The summed E-state index contributed by atoms with van der Waals surface area (Å²) < 4.78 is 41.9. The fourth-order valence-electron chi connectivity index (χ4n) is 1.55. The number of hydrogen-bond donors (Lipinski definition) is 0. The maximum atomic E-state index is 12.9. The third kappa shape index (κ3) is 3.11. The molecule has 0 atom stereocenters. The average Bonchev–Trinajstić information content (AvgIpc) is 2.81. The van der Waals surface area contributed by atoms with Crippen LogP contribution in [0.2, 0.25) is 0 Å². The highest BCUT2D eigenvalue weighted by Gasteiger charge is 2.23. The van der Waals surface area contributed by atoms with Crippen LogP contribution in [0.15, 0.2) is 23.5 Å². The minimum Gasteiger partial charge on any atom is -0.383 e. The van der Waals surface area contributed by atoms with Crippen LogP contribution in [0, 0.1) is 5.82 Å². The minimum atomic E-state index is -4.06. The van der Waals surface area contributed by atoms with Crippen molar-refractivity contribution >= 4 is 19.7 Å². The van der Waals surface area contributed by atoms with Gasteiger partial charge in [0.1, 0.15) is 11.5 Å². The molecule has 2 rings (SSSR count). The lowest BCUT2D eigenvalue weighted by molar-refractivity contribution is 0.185. The number of hydrogen-bond acceptors (Lipinski definition) is 6. The van der Waals surface area contributed by atoms with Gasteiger partial charge in [0.2, 0.25) is 0 Å². The minimum absolute atomic E-state index is 0.166. The average molecular weight is 321 g/mol. The second-order valence-corrected chi connectivity index (χ2v) is 6.21. The first-order valence-corrected chi connectivity index (χ1v) is 7.73. The van der Waals surface area contributed by atoms with E-state index in [2.05, 4.69) is 15.2 Å². The molecule has 0 saturated heterocycles. The van der Waals surface area contributed by atoms with Crippen LogP contribution in [0.3, 0.4) is 0 Å². The van der Waals surface area contributed by atoms with Gasteiger partial charge in [0.05, 0.1) is 19.3 Å². The number of aromatic nitrogens is 4. The van der Waals surface area contributed by atoms with Crippen LogP contribution >= 0.6 is 10.7 Å². The summed E-state index contributed by atoms with van der Waals surface area (Å²) in [7, 11) is 2.71. The topological polar surface area (TPSA) is 87.0 Å².